The van der Waals surface area contributed by atoms with Crippen LogP contribution in [0, 0.1) is 5.82 Å². The maximum absolute atomic E-state index is 12.9. The number of nitrogens with two attached hydrogens (primary N) is 1. The lowest BCUT2D eigenvalue weighted by Gasteiger charge is -2.14. The third-order valence-electron chi connectivity index (χ3n) is 3.18. The predicted molar refractivity (Wildman–Crippen MR) is 78.4 cm³/mol. The first-order valence-corrected chi connectivity index (χ1v) is 6.52. The summed E-state index contributed by atoms with van der Waals surface area (Å²) in [5.74, 6) is -0.271. The molecule has 0 aliphatic heterocycles. The van der Waals surface area contributed by atoms with Gasteiger partial charge in [0.15, 0.2) is 5.84 Å². The minimum absolute atomic E-state index is 0.0246. The summed E-state index contributed by atoms with van der Waals surface area (Å²) in [6.07, 6.45) is 1.60. The molecule has 0 spiro atoms. The van der Waals surface area contributed by atoms with Crippen molar-refractivity contribution in [2.24, 2.45) is 10.9 Å². The summed E-state index contributed by atoms with van der Waals surface area (Å²) in [6.45, 7) is 2.59. The third-order valence-corrected chi connectivity index (χ3v) is 3.18. The summed E-state index contributed by atoms with van der Waals surface area (Å²) < 4.78 is 12.9. The van der Waals surface area contributed by atoms with Gasteiger partial charge in [-0.15, -0.1) is 0 Å². The number of amidine groups is 1. The Kier molecular flexibility index (Phi) is 4.84. The van der Waals surface area contributed by atoms with Crippen LogP contribution in [0.15, 0.2) is 47.8 Å². The Morgan fingerprint density at radius 3 is 2.76 bits per heavy atom. The lowest BCUT2D eigenvalue weighted by Crippen LogP contribution is -2.19. The van der Waals surface area contributed by atoms with E-state index in [9.17, 15) is 4.39 Å². The van der Waals surface area contributed by atoms with Gasteiger partial charge in [0.25, 0.3) is 0 Å². The lowest BCUT2D eigenvalue weighted by atomic mass is 10.1. The molecule has 0 unspecified atom stereocenters. The second-order valence-electron chi connectivity index (χ2n) is 4.69. The number of hydrogen-bond acceptors (Lipinski definition) is 4. The van der Waals surface area contributed by atoms with Crippen molar-refractivity contribution in [3.8, 4) is 0 Å². The predicted octanol–water partition coefficient (Wildman–Crippen LogP) is 2.17. The van der Waals surface area contributed by atoms with Crippen LogP contribution in [0.5, 0.6) is 0 Å². The average molecular weight is 288 g/mol. The van der Waals surface area contributed by atoms with Crippen molar-refractivity contribution >= 4 is 5.84 Å². The zero-order valence-corrected chi connectivity index (χ0v) is 11.6. The third kappa shape index (κ3) is 4.00. The van der Waals surface area contributed by atoms with Gasteiger partial charge in [-0.25, -0.2) is 4.39 Å². The van der Waals surface area contributed by atoms with E-state index in [1.165, 1.54) is 12.1 Å². The van der Waals surface area contributed by atoms with Crippen LogP contribution in [0.3, 0.4) is 0 Å². The zero-order valence-electron chi connectivity index (χ0n) is 11.6. The molecule has 0 fully saturated rings. The molecule has 0 amide bonds. The first-order valence-electron chi connectivity index (χ1n) is 6.52. The highest BCUT2D eigenvalue weighted by Crippen LogP contribution is 2.13. The van der Waals surface area contributed by atoms with Gasteiger partial charge in [0, 0.05) is 18.8 Å². The van der Waals surface area contributed by atoms with Gasteiger partial charge < -0.3 is 16.3 Å². The summed E-state index contributed by atoms with van der Waals surface area (Å²) in [7, 11) is 0. The van der Waals surface area contributed by atoms with Crippen LogP contribution in [0.25, 0.3) is 0 Å². The molecule has 2 aromatic rings. The van der Waals surface area contributed by atoms with Crippen molar-refractivity contribution in [3.05, 3.63) is 65.2 Å². The molecule has 21 heavy (non-hydrogen) atoms. The Labute approximate surface area is 122 Å². The van der Waals surface area contributed by atoms with Crippen molar-refractivity contribution in [3.63, 3.8) is 0 Å². The van der Waals surface area contributed by atoms with Crippen molar-refractivity contribution in [1.29, 1.82) is 0 Å². The number of halogens is 1. The van der Waals surface area contributed by atoms with E-state index in [0.717, 1.165) is 11.1 Å². The minimum atomic E-state index is -0.247. The van der Waals surface area contributed by atoms with Crippen LogP contribution in [0.4, 0.5) is 4.39 Å². The van der Waals surface area contributed by atoms with Crippen molar-refractivity contribution in [1.82, 2.24) is 10.3 Å². The number of rotatable bonds is 5. The van der Waals surface area contributed by atoms with Gasteiger partial charge in [0.2, 0.25) is 0 Å². The number of oxime groups is 1. The van der Waals surface area contributed by atoms with E-state index in [2.05, 4.69) is 15.5 Å². The molecule has 110 valence electrons. The van der Waals surface area contributed by atoms with Gasteiger partial charge >= 0.3 is 0 Å². The summed E-state index contributed by atoms with van der Waals surface area (Å²) in [5, 5.41) is 14.9. The van der Waals surface area contributed by atoms with Gasteiger partial charge in [0.1, 0.15) is 11.5 Å². The Hall–Kier alpha value is -2.47. The lowest BCUT2D eigenvalue weighted by molar-refractivity contribution is 0.318. The number of benzene rings is 1. The average Bonchev–Trinajstić information content (AvgIpc) is 2.52. The fraction of sp³-hybridized carbons (Fsp3) is 0.200. The number of hydrogen-bond donors (Lipinski definition) is 3. The molecule has 0 aliphatic carbocycles. The number of nitrogens with zero attached hydrogens (tertiary/aromatic N) is 2. The van der Waals surface area contributed by atoms with Crippen LogP contribution in [-0.2, 0) is 6.54 Å². The monoisotopic (exact) mass is 288 g/mol. The highest BCUT2D eigenvalue weighted by atomic mass is 19.1. The van der Waals surface area contributed by atoms with Crippen LogP contribution < -0.4 is 11.1 Å². The number of aromatic nitrogens is 1. The fourth-order valence-corrected chi connectivity index (χ4v) is 1.92. The maximum Gasteiger partial charge on any atom is 0.188 e. The molecule has 1 atom stereocenters. The zero-order chi connectivity index (χ0) is 15.2. The van der Waals surface area contributed by atoms with Crippen molar-refractivity contribution in [2.75, 3.05) is 0 Å². The van der Waals surface area contributed by atoms with E-state index in [1.807, 2.05) is 13.0 Å². The summed E-state index contributed by atoms with van der Waals surface area (Å²) in [6, 6.07) is 10.1. The molecule has 5 nitrogen and oxygen atoms in total. The van der Waals surface area contributed by atoms with Gasteiger partial charge in [-0.2, -0.15) is 0 Å². The van der Waals surface area contributed by atoms with Crippen molar-refractivity contribution < 1.29 is 9.60 Å². The van der Waals surface area contributed by atoms with Crippen LogP contribution in [0.1, 0.15) is 29.8 Å². The molecule has 2 rings (SSSR count). The highest BCUT2D eigenvalue weighted by Gasteiger charge is 2.06. The second kappa shape index (κ2) is 6.81. The summed E-state index contributed by atoms with van der Waals surface area (Å²) in [4.78, 5) is 4.02. The summed E-state index contributed by atoms with van der Waals surface area (Å²) >= 11 is 0. The molecule has 1 heterocycles. The van der Waals surface area contributed by atoms with Crippen LogP contribution in [0.2, 0.25) is 0 Å². The Balaban J connectivity index is 2.01. The smallest absolute Gasteiger partial charge is 0.188 e. The topological polar surface area (TPSA) is 83.5 Å². The SMILES string of the molecule is C[C@@H](NCc1ccnc(/C(N)=N/O)c1)c1ccc(F)cc1. The molecule has 1 aromatic carbocycles. The van der Waals surface area contributed by atoms with Gasteiger partial charge in [-0.05, 0) is 42.3 Å². The molecule has 0 saturated carbocycles. The molecule has 0 radical (unpaired) electrons. The van der Waals surface area contributed by atoms with E-state index < -0.39 is 0 Å². The van der Waals surface area contributed by atoms with E-state index in [4.69, 9.17) is 10.9 Å². The van der Waals surface area contributed by atoms with Gasteiger partial charge in [-0.3, -0.25) is 4.98 Å². The van der Waals surface area contributed by atoms with E-state index in [0.29, 0.717) is 12.2 Å². The first-order chi connectivity index (χ1) is 10.1. The van der Waals surface area contributed by atoms with Gasteiger partial charge in [-0.1, -0.05) is 17.3 Å². The fourth-order valence-electron chi connectivity index (χ4n) is 1.92. The quantitative estimate of drug-likeness (QED) is 0.341. The Bertz CT molecular complexity index is 628. The Morgan fingerprint density at radius 2 is 2.10 bits per heavy atom. The number of pyridine rings is 1. The maximum atomic E-state index is 12.9. The van der Waals surface area contributed by atoms with Crippen molar-refractivity contribution in [2.45, 2.75) is 19.5 Å². The van der Waals surface area contributed by atoms with Gasteiger partial charge in [0.05, 0.1) is 0 Å². The Morgan fingerprint density at radius 1 is 1.38 bits per heavy atom. The molecular weight excluding hydrogens is 271 g/mol. The normalized spacial score (nSPS) is 13.1. The highest BCUT2D eigenvalue weighted by molar-refractivity contribution is 5.95. The molecule has 1 aromatic heterocycles. The molecule has 4 N–H and O–H groups in total. The minimum Gasteiger partial charge on any atom is -0.409 e. The van der Waals surface area contributed by atoms with E-state index in [-0.39, 0.29) is 17.7 Å². The molecule has 0 saturated heterocycles. The molecule has 0 aliphatic rings. The van der Waals surface area contributed by atoms with E-state index in [1.54, 1.807) is 24.4 Å². The first kappa shape index (κ1) is 14.9. The molecule has 0 bridgehead atoms. The number of nitrogens with one attached hydrogen (secondary N) is 1. The second-order valence-corrected chi connectivity index (χ2v) is 4.69. The molecule has 6 heteroatoms. The van der Waals surface area contributed by atoms with E-state index >= 15 is 0 Å². The summed E-state index contributed by atoms with van der Waals surface area (Å²) in [5.41, 5.74) is 7.89. The van der Waals surface area contributed by atoms with Crippen LogP contribution >= 0.6 is 0 Å². The van der Waals surface area contributed by atoms with Crippen LogP contribution in [-0.4, -0.2) is 16.0 Å². The molecular formula is C15H17FN4O. The standard InChI is InChI=1S/C15H17FN4O/c1-10(12-2-4-13(16)5-3-12)19-9-11-6-7-18-14(8-11)15(17)20-21/h2-8,10,19,21H,9H2,1H3,(H2,17,20)/t10-/m1/s1. The largest absolute Gasteiger partial charge is 0.409 e.